The molecule has 1 aliphatic rings. The molecule has 27 heavy (non-hydrogen) atoms. The molecule has 0 atom stereocenters. The third-order valence-corrected chi connectivity index (χ3v) is 4.61. The van der Waals surface area contributed by atoms with Crippen molar-refractivity contribution in [1.29, 1.82) is 0 Å². The van der Waals surface area contributed by atoms with Crippen molar-refractivity contribution >= 4 is 11.8 Å². The lowest BCUT2D eigenvalue weighted by molar-refractivity contribution is 0.0535. The lowest BCUT2D eigenvalue weighted by atomic mass is 10.1. The van der Waals surface area contributed by atoms with Gasteiger partial charge in [-0.3, -0.25) is 9.59 Å². The molecular weight excluding hydrogens is 344 g/mol. The smallest absolute Gasteiger partial charge is 0.257 e. The highest BCUT2D eigenvalue weighted by Gasteiger charge is 2.26. The van der Waals surface area contributed by atoms with Gasteiger partial charge in [-0.2, -0.15) is 0 Å². The first-order valence-electron chi connectivity index (χ1n) is 9.04. The van der Waals surface area contributed by atoms with Gasteiger partial charge in [-0.05, 0) is 18.2 Å². The van der Waals surface area contributed by atoms with Crippen LogP contribution in [0.3, 0.4) is 0 Å². The van der Waals surface area contributed by atoms with Crippen LogP contribution in [0.15, 0.2) is 36.7 Å². The lowest BCUT2D eigenvalue weighted by Crippen LogP contribution is -2.50. The summed E-state index contributed by atoms with van der Waals surface area (Å²) in [4.78, 5) is 37.3. The number of benzene rings is 1. The number of ether oxygens (including phenoxy) is 1. The second-order valence-corrected chi connectivity index (χ2v) is 6.80. The van der Waals surface area contributed by atoms with Gasteiger partial charge in [0.2, 0.25) is 0 Å². The average Bonchev–Trinajstić information content (AvgIpc) is 2.73. The van der Waals surface area contributed by atoms with Gasteiger partial charge < -0.3 is 14.5 Å². The van der Waals surface area contributed by atoms with E-state index in [1.54, 1.807) is 53.6 Å². The van der Waals surface area contributed by atoms with Crippen LogP contribution in [0.25, 0.3) is 0 Å². The molecule has 3 rings (SSSR count). The van der Waals surface area contributed by atoms with Gasteiger partial charge in [0, 0.05) is 50.1 Å². The van der Waals surface area contributed by atoms with E-state index in [0.717, 1.165) is 5.82 Å². The van der Waals surface area contributed by atoms with Crippen LogP contribution in [0.2, 0.25) is 0 Å². The summed E-state index contributed by atoms with van der Waals surface area (Å²) in [6, 6.07) is 7.11. The van der Waals surface area contributed by atoms with Gasteiger partial charge in [-0.1, -0.05) is 19.9 Å². The number of rotatable bonds is 4. The highest BCUT2D eigenvalue weighted by atomic mass is 16.5. The number of aromatic nitrogens is 2. The highest BCUT2D eigenvalue weighted by Crippen LogP contribution is 2.16. The molecule has 0 bridgehead atoms. The fraction of sp³-hybridized carbons (Fsp3) is 0.400. The van der Waals surface area contributed by atoms with Crippen LogP contribution < -0.4 is 4.74 Å². The van der Waals surface area contributed by atoms with Gasteiger partial charge in [-0.15, -0.1) is 0 Å². The van der Waals surface area contributed by atoms with E-state index in [9.17, 15) is 9.59 Å². The number of piperazine rings is 1. The van der Waals surface area contributed by atoms with Gasteiger partial charge in [0.05, 0.1) is 12.7 Å². The normalized spacial score (nSPS) is 14.4. The Hall–Kier alpha value is -2.96. The first kappa shape index (κ1) is 18.8. The zero-order valence-corrected chi connectivity index (χ0v) is 15.9. The number of hydrogen-bond acceptors (Lipinski definition) is 5. The summed E-state index contributed by atoms with van der Waals surface area (Å²) in [5.41, 5.74) is 1.07. The molecule has 7 nitrogen and oxygen atoms in total. The minimum atomic E-state index is -0.0983. The molecule has 2 aromatic rings. The minimum absolute atomic E-state index is 0.0504. The van der Waals surface area contributed by atoms with Crippen LogP contribution >= 0.6 is 0 Å². The Balaban J connectivity index is 1.60. The van der Waals surface area contributed by atoms with Crippen molar-refractivity contribution in [1.82, 2.24) is 19.8 Å². The quantitative estimate of drug-likeness (QED) is 0.827. The van der Waals surface area contributed by atoms with E-state index in [1.807, 2.05) is 13.8 Å². The van der Waals surface area contributed by atoms with Crippen LogP contribution in [-0.2, 0) is 0 Å². The third kappa shape index (κ3) is 4.24. The molecule has 0 unspecified atom stereocenters. The summed E-state index contributed by atoms with van der Waals surface area (Å²) in [5, 5.41) is 0. The zero-order valence-electron chi connectivity index (χ0n) is 15.9. The molecule has 7 heteroatoms. The van der Waals surface area contributed by atoms with E-state index in [-0.39, 0.29) is 17.7 Å². The highest BCUT2D eigenvalue weighted by molar-refractivity contribution is 5.96. The third-order valence-electron chi connectivity index (χ3n) is 4.61. The minimum Gasteiger partial charge on any atom is -0.497 e. The molecule has 1 aliphatic heterocycles. The second kappa shape index (κ2) is 8.16. The van der Waals surface area contributed by atoms with Crippen molar-refractivity contribution in [2.24, 2.45) is 0 Å². The summed E-state index contributed by atoms with van der Waals surface area (Å²) in [6.07, 6.45) is 3.16. The Labute approximate surface area is 159 Å². The fourth-order valence-electron chi connectivity index (χ4n) is 2.98. The zero-order chi connectivity index (χ0) is 19.4. The van der Waals surface area contributed by atoms with E-state index in [2.05, 4.69) is 9.97 Å². The van der Waals surface area contributed by atoms with Gasteiger partial charge in [-0.25, -0.2) is 9.97 Å². The van der Waals surface area contributed by atoms with Gasteiger partial charge in [0.25, 0.3) is 11.8 Å². The van der Waals surface area contributed by atoms with E-state index < -0.39 is 0 Å². The standard InChI is InChI=1S/C20H24N4O3/c1-14(2)18-21-12-16(13-22-18)20(26)24-9-7-23(8-10-24)19(25)15-5-4-6-17(11-15)27-3/h4-6,11-14H,7-10H2,1-3H3. The van der Waals surface area contributed by atoms with E-state index in [4.69, 9.17) is 4.74 Å². The van der Waals surface area contributed by atoms with E-state index in [1.165, 1.54) is 0 Å². The first-order chi connectivity index (χ1) is 13.0. The van der Waals surface area contributed by atoms with Crippen molar-refractivity contribution in [2.75, 3.05) is 33.3 Å². The maximum Gasteiger partial charge on any atom is 0.257 e. The van der Waals surface area contributed by atoms with Crippen LogP contribution in [-0.4, -0.2) is 64.9 Å². The Morgan fingerprint density at radius 3 is 2.04 bits per heavy atom. The van der Waals surface area contributed by atoms with Crippen molar-refractivity contribution in [3.63, 3.8) is 0 Å². The number of nitrogens with zero attached hydrogens (tertiary/aromatic N) is 4. The number of amides is 2. The predicted octanol–water partition coefficient (Wildman–Crippen LogP) is 2.21. The van der Waals surface area contributed by atoms with Crippen molar-refractivity contribution in [3.8, 4) is 5.75 Å². The summed E-state index contributed by atoms with van der Waals surface area (Å²) in [7, 11) is 1.57. The molecular formula is C20H24N4O3. The Kier molecular flexibility index (Phi) is 5.69. The van der Waals surface area contributed by atoms with Crippen LogP contribution in [0, 0.1) is 0 Å². The predicted molar refractivity (Wildman–Crippen MR) is 101 cm³/mol. The molecule has 0 N–H and O–H groups in total. The molecule has 142 valence electrons. The molecule has 0 radical (unpaired) electrons. The molecule has 0 aliphatic carbocycles. The molecule has 1 aromatic carbocycles. The number of carbonyl (C=O) groups excluding carboxylic acids is 2. The molecule has 0 spiro atoms. The van der Waals surface area contributed by atoms with Crippen LogP contribution in [0.1, 0.15) is 46.3 Å². The molecule has 2 heterocycles. The van der Waals surface area contributed by atoms with Crippen molar-refractivity contribution in [2.45, 2.75) is 19.8 Å². The summed E-state index contributed by atoms with van der Waals surface area (Å²) < 4.78 is 5.18. The summed E-state index contributed by atoms with van der Waals surface area (Å²) >= 11 is 0. The summed E-state index contributed by atoms with van der Waals surface area (Å²) in [6.45, 7) is 5.98. The Morgan fingerprint density at radius 1 is 0.963 bits per heavy atom. The largest absolute Gasteiger partial charge is 0.497 e. The van der Waals surface area contributed by atoms with E-state index >= 15 is 0 Å². The SMILES string of the molecule is COc1cccc(C(=O)N2CCN(C(=O)c3cnc(C(C)C)nc3)CC2)c1. The maximum atomic E-state index is 12.7. The van der Waals surface area contributed by atoms with E-state index in [0.29, 0.717) is 43.1 Å². The maximum absolute atomic E-state index is 12.7. The molecule has 0 saturated carbocycles. The number of methoxy groups -OCH3 is 1. The van der Waals surface area contributed by atoms with Crippen molar-refractivity contribution < 1.29 is 14.3 Å². The Bertz CT molecular complexity index is 812. The average molecular weight is 368 g/mol. The molecule has 1 fully saturated rings. The van der Waals surface area contributed by atoms with Gasteiger partial charge in [0.1, 0.15) is 11.6 Å². The second-order valence-electron chi connectivity index (χ2n) is 6.80. The van der Waals surface area contributed by atoms with Crippen molar-refractivity contribution in [3.05, 3.63) is 53.6 Å². The first-order valence-corrected chi connectivity index (χ1v) is 9.04. The monoisotopic (exact) mass is 368 g/mol. The van der Waals surface area contributed by atoms with Crippen LogP contribution in [0.5, 0.6) is 5.75 Å². The summed E-state index contributed by atoms with van der Waals surface area (Å²) in [5.74, 6) is 1.45. The number of hydrogen-bond donors (Lipinski definition) is 0. The number of carbonyl (C=O) groups is 2. The molecule has 1 aromatic heterocycles. The fourth-order valence-corrected chi connectivity index (χ4v) is 2.98. The van der Waals surface area contributed by atoms with Gasteiger partial charge >= 0.3 is 0 Å². The molecule has 2 amide bonds. The van der Waals surface area contributed by atoms with Gasteiger partial charge in [0.15, 0.2) is 0 Å². The topological polar surface area (TPSA) is 75.6 Å². The Morgan fingerprint density at radius 2 is 1.52 bits per heavy atom. The lowest BCUT2D eigenvalue weighted by Gasteiger charge is -2.34. The van der Waals surface area contributed by atoms with Crippen LogP contribution in [0.4, 0.5) is 0 Å². The molecule has 1 saturated heterocycles.